The Hall–Kier alpha value is -1.72. The zero-order chi connectivity index (χ0) is 15.5. The summed E-state index contributed by atoms with van der Waals surface area (Å²) in [7, 11) is 0. The number of aliphatic hydroxyl groups excluding tert-OH is 1. The van der Waals surface area contributed by atoms with Gasteiger partial charge in [0.05, 0.1) is 11.0 Å². The van der Waals surface area contributed by atoms with E-state index in [0.717, 1.165) is 24.3 Å². The quantitative estimate of drug-likeness (QED) is 0.941. The lowest BCUT2D eigenvalue weighted by atomic mass is 9.88. The molecule has 2 aromatic rings. The standard InChI is InChI=1S/C17H18FNO2S/c18-14-7-5-12(6-8-14)16(20)13-3-1-9-19(11-13)17(21)15-4-2-10-22-15/h2,4-8,10,13,16,20H,1,3,9,11H2/t13-,16+/m1/s1. The highest BCUT2D eigenvalue weighted by atomic mass is 32.1. The van der Waals surface area contributed by atoms with Crippen molar-refractivity contribution >= 4 is 17.2 Å². The Morgan fingerprint density at radius 1 is 1.32 bits per heavy atom. The van der Waals surface area contributed by atoms with Gasteiger partial charge in [0.15, 0.2) is 0 Å². The SMILES string of the molecule is O=C(c1cccs1)N1CCC[C@@H]([C@@H](O)c2ccc(F)cc2)C1. The lowest BCUT2D eigenvalue weighted by molar-refractivity contribution is 0.0404. The predicted octanol–water partition coefficient (Wildman–Crippen LogP) is 3.47. The predicted molar refractivity (Wildman–Crippen MR) is 84.3 cm³/mol. The summed E-state index contributed by atoms with van der Waals surface area (Å²) >= 11 is 1.44. The van der Waals surface area contributed by atoms with Crippen molar-refractivity contribution in [3.8, 4) is 0 Å². The van der Waals surface area contributed by atoms with Crippen molar-refractivity contribution in [3.05, 3.63) is 58.0 Å². The highest BCUT2D eigenvalue weighted by Gasteiger charge is 2.30. The molecular weight excluding hydrogens is 301 g/mol. The Labute approximate surface area is 133 Å². The van der Waals surface area contributed by atoms with Gasteiger partial charge in [-0.15, -0.1) is 11.3 Å². The zero-order valence-electron chi connectivity index (χ0n) is 12.1. The fraction of sp³-hybridized carbons (Fsp3) is 0.353. The number of hydrogen-bond donors (Lipinski definition) is 1. The molecule has 0 saturated carbocycles. The van der Waals surface area contributed by atoms with E-state index in [1.54, 1.807) is 12.1 Å². The Bertz CT molecular complexity index is 627. The summed E-state index contributed by atoms with van der Waals surface area (Å²) in [4.78, 5) is 15.0. The molecular formula is C17H18FNO2S. The summed E-state index contributed by atoms with van der Waals surface area (Å²) in [6, 6.07) is 9.63. The lowest BCUT2D eigenvalue weighted by Crippen LogP contribution is -2.41. The monoisotopic (exact) mass is 319 g/mol. The number of carbonyl (C=O) groups is 1. The van der Waals surface area contributed by atoms with Crippen molar-refractivity contribution < 1.29 is 14.3 Å². The van der Waals surface area contributed by atoms with Gasteiger partial charge in [-0.05, 0) is 42.0 Å². The van der Waals surface area contributed by atoms with Gasteiger partial charge < -0.3 is 10.0 Å². The first-order valence-electron chi connectivity index (χ1n) is 7.41. The molecule has 1 N–H and O–H groups in total. The van der Waals surface area contributed by atoms with Crippen molar-refractivity contribution in [2.75, 3.05) is 13.1 Å². The number of carbonyl (C=O) groups excluding carboxylic acids is 1. The molecule has 2 atom stereocenters. The first-order valence-corrected chi connectivity index (χ1v) is 8.29. The molecule has 0 bridgehead atoms. The van der Waals surface area contributed by atoms with Crippen LogP contribution in [-0.2, 0) is 0 Å². The molecule has 116 valence electrons. The number of thiophene rings is 1. The van der Waals surface area contributed by atoms with E-state index in [2.05, 4.69) is 0 Å². The molecule has 3 nitrogen and oxygen atoms in total. The lowest BCUT2D eigenvalue weighted by Gasteiger charge is -2.35. The van der Waals surface area contributed by atoms with Gasteiger partial charge in [0.2, 0.25) is 0 Å². The van der Waals surface area contributed by atoms with Gasteiger partial charge in [-0.1, -0.05) is 18.2 Å². The van der Waals surface area contributed by atoms with Crippen molar-refractivity contribution in [3.63, 3.8) is 0 Å². The van der Waals surface area contributed by atoms with Gasteiger partial charge in [-0.25, -0.2) is 4.39 Å². The summed E-state index contributed by atoms with van der Waals surface area (Å²) in [5.74, 6) is -0.289. The van der Waals surface area contributed by atoms with Crippen LogP contribution in [0.25, 0.3) is 0 Å². The second-order valence-corrected chi connectivity index (χ2v) is 6.57. The number of likely N-dealkylation sites (tertiary alicyclic amines) is 1. The largest absolute Gasteiger partial charge is 0.388 e. The van der Waals surface area contributed by atoms with Crippen molar-refractivity contribution in [1.29, 1.82) is 0 Å². The molecule has 22 heavy (non-hydrogen) atoms. The molecule has 1 aromatic heterocycles. The zero-order valence-corrected chi connectivity index (χ0v) is 12.9. The van der Waals surface area contributed by atoms with Gasteiger partial charge >= 0.3 is 0 Å². The van der Waals surface area contributed by atoms with E-state index >= 15 is 0 Å². The molecule has 5 heteroatoms. The van der Waals surface area contributed by atoms with Crippen LogP contribution in [0, 0.1) is 11.7 Å². The number of halogens is 1. The minimum Gasteiger partial charge on any atom is -0.388 e. The fourth-order valence-electron chi connectivity index (χ4n) is 2.94. The van der Waals surface area contributed by atoms with E-state index in [9.17, 15) is 14.3 Å². The van der Waals surface area contributed by atoms with E-state index in [1.165, 1.54) is 23.5 Å². The van der Waals surface area contributed by atoms with Crippen molar-refractivity contribution in [2.45, 2.75) is 18.9 Å². The number of amides is 1. The number of piperidine rings is 1. The number of rotatable bonds is 3. The van der Waals surface area contributed by atoms with Gasteiger partial charge in [0.25, 0.3) is 5.91 Å². The maximum absolute atomic E-state index is 13.0. The minimum atomic E-state index is -0.667. The number of benzene rings is 1. The summed E-state index contributed by atoms with van der Waals surface area (Å²) in [5, 5.41) is 12.4. The maximum atomic E-state index is 13.0. The maximum Gasteiger partial charge on any atom is 0.263 e. The van der Waals surface area contributed by atoms with Crippen molar-refractivity contribution in [2.24, 2.45) is 5.92 Å². The van der Waals surface area contributed by atoms with E-state index in [-0.39, 0.29) is 17.6 Å². The number of nitrogens with zero attached hydrogens (tertiary/aromatic N) is 1. The van der Waals surface area contributed by atoms with Gasteiger partial charge in [0, 0.05) is 19.0 Å². The van der Waals surface area contributed by atoms with Crippen LogP contribution in [0.5, 0.6) is 0 Å². The van der Waals surface area contributed by atoms with Gasteiger partial charge in [0.1, 0.15) is 5.82 Å². The van der Waals surface area contributed by atoms with Crippen LogP contribution < -0.4 is 0 Å². The first kappa shape index (κ1) is 15.2. The molecule has 0 aliphatic carbocycles. The molecule has 1 aliphatic rings. The summed E-state index contributed by atoms with van der Waals surface area (Å²) in [6.45, 7) is 1.26. The van der Waals surface area contributed by atoms with Crippen LogP contribution in [0.15, 0.2) is 41.8 Å². The summed E-state index contributed by atoms with van der Waals surface area (Å²) in [5.41, 5.74) is 0.705. The molecule has 2 heterocycles. The molecule has 1 aromatic carbocycles. The molecule has 1 amide bonds. The Kier molecular flexibility index (Phi) is 4.55. The average Bonchev–Trinajstić information content (AvgIpc) is 3.09. The van der Waals surface area contributed by atoms with E-state index in [4.69, 9.17) is 0 Å². The third kappa shape index (κ3) is 3.20. The van der Waals surface area contributed by atoms with Crippen LogP contribution in [0.4, 0.5) is 4.39 Å². The molecule has 3 rings (SSSR count). The summed E-state index contributed by atoms with van der Waals surface area (Å²) in [6.07, 6.45) is 1.08. The molecule has 1 aliphatic heterocycles. The Balaban J connectivity index is 1.70. The second-order valence-electron chi connectivity index (χ2n) is 5.63. The molecule has 1 fully saturated rings. The van der Waals surface area contributed by atoms with Gasteiger partial charge in [-0.3, -0.25) is 4.79 Å². The Morgan fingerprint density at radius 3 is 2.77 bits per heavy atom. The Morgan fingerprint density at radius 2 is 2.09 bits per heavy atom. The third-order valence-corrected chi connectivity index (χ3v) is 4.99. The molecule has 0 spiro atoms. The van der Waals surface area contributed by atoms with Gasteiger partial charge in [-0.2, -0.15) is 0 Å². The van der Waals surface area contributed by atoms with E-state index in [1.807, 2.05) is 22.4 Å². The second kappa shape index (κ2) is 6.58. The van der Waals surface area contributed by atoms with E-state index in [0.29, 0.717) is 12.1 Å². The fourth-order valence-corrected chi connectivity index (χ4v) is 3.63. The summed E-state index contributed by atoms with van der Waals surface area (Å²) < 4.78 is 13.0. The first-order chi connectivity index (χ1) is 10.6. The molecule has 0 unspecified atom stereocenters. The number of aliphatic hydroxyl groups is 1. The van der Waals surface area contributed by atoms with E-state index < -0.39 is 6.10 Å². The topological polar surface area (TPSA) is 40.5 Å². The minimum absolute atomic E-state index is 0.0110. The van der Waals surface area contributed by atoms with Crippen LogP contribution in [-0.4, -0.2) is 29.0 Å². The van der Waals surface area contributed by atoms with Crippen LogP contribution in [0.1, 0.15) is 34.2 Å². The molecule has 0 radical (unpaired) electrons. The highest BCUT2D eigenvalue weighted by molar-refractivity contribution is 7.12. The van der Waals surface area contributed by atoms with Crippen LogP contribution >= 0.6 is 11.3 Å². The van der Waals surface area contributed by atoms with Crippen LogP contribution in [0.3, 0.4) is 0 Å². The number of hydrogen-bond acceptors (Lipinski definition) is 3. The highest BCUT2D eigenvalue weighted by Crippen LogP contribution is 2.30. The van der Waals surface area contributed by atoms with Crippen molar-refractivity contribution in [1.82, 2.24) is 4.90 Å². The smallest absolute Gasteiger partial charge is 0.263 e. The molecule has 1 saturated heterocycles. The average molecular weight is 319 g/mol. The normalized spacial score (nSPS) is 19.9. The third-order valence-electron chi connectivity index (χ3n) is 4.14. The van der Waals surface area contributed by atoms with Crippen LogP contribution in [0.2, 0.25) is 0 Å².